The molecule has 0 aromatic rings. The third-order valence-electron chi connectivity index (χ3n) is 0.575. The fourth-order valence-electron chi connectivity index (χ4n) is 0. The molecule has 0 saturated heterocycles. The van der Waals surface area contributed by atoms with E-state index in [1.165, 1.54) is 0 Å². The Morgan fingerprint density at radius 2 is 2.20 bits per heavy atom. The van der Waals surface area contributed by atoms with Crippen molar-refractivity contribution >= 4 is 9.04 Å². The second-order valence-corrected chi connectivity index (χ2v) is 3.66. The van der Waals surface area contributed by atoms with Gasteiger partial charge in [-0.3, -0.25) is 0 Å². The van der Waals surface area contributed by atoms with Crippen LogP contribution in [0.3, 0.4) is 0 Å². The van der Waals surface area contributed by atoms with Crippen LogP contribution in [0.1, 0.15) is 8.35 Å². The predicted octanol–water partition coefficient (Wildman–Crippen LogP) is 0.903. The molecule has 1 unspecified atom stereocenters. The molecule has 5 heavy (non-hydrogen) atoms. The molecule has 0 aliphatic rings. The van der Waals surface area contributed by atoms with Gasteiger partial charge >= 0.3 is 1.43 Å². The van der Waals surface area contributed by atoms with Gasteiger partial charge in [-0.1, -0.05) is 6.92 Å². The Bertz CT molecular complexity index is 24.8. The average Bonchev–Trinajstić information content (AvgIpc) is 1.38. The molecule has 0 fully saturated rings. The normalized spacial score (nSPS) is 15.0. The van der Waals surface area contributed by atoms with Crippen molar-refractivity contribution in [2.45, 2.75) is 19.5 Å². The van der Waals surface area contributed by atoms with Gasteiger partial charge in [0.05, 0.1) is 0 Å². The smallest absolute Gasteiger partial charge is 0.302 e. The van der Waals surface area contributed by atoms with Crippen LogP contribution in [0, 0.1) is 0 Å². The third kappa shape index (κ3) is 4.18. The SMILES string of the molecule is CC[SiH](C)[O].[H+]. The molecular weight excluding hydrogens is 80.1 g/mol. The van der Waals surface area contributed by atoms with E-state index in [2.05, 4.69) is 0 Å². The lowest BCUT2D eigenvalue weighted by molar-refractivity contribution is 0.453. The second kappa shape index (κ2) is 2.42. The fourth-order valence-corrected chi connectivity index (χ4v) is 0. The molecule has 1 atom stereocenters. The van der Waals surface area contributed by atoms with Gasteiger partial charge in [-0.2, -0.15) is 0 Å². The monoisotopic (exact) mass is 90.0 g/mol. The Labute approximate surface area is 35.8 Å². The van der Waals surface area contributed by atoms with Crippen molar-refractivity contribution in [3.8, 4) is 0 Å². The Hall–Kier alpha value is 0.177. The summed E-state index contributed by atoms with van der Waals surface area (Å²) < 4.78 is 0. The molecule has 0 aromatic carbocycles. The molecule has 0 rings (SSSR count). The Morgan fingerprint density at radius 3 is 2.20 bits per heavy atom. The molecule has 1 radical (unpaired) electrons. The zero-order valence-corrected chi connectivity index (χ0v) is 4.85. The van der Waals surface area contributed by atoms with Crippen molar-refractivity contribution in [2.24, 2.45) is 0 Å². The van der Waals surface area contributed by atoms with Crippen LogP contribution in [-0.2, 0) is 4.80 Å². The Kier molecular flexibility index (Phi) is 2.50. The highest BCUT2D eigenvalue weighted by atomic mass is 28.3. The molecule has 0 aliphatic heterocycles. The summed E-state index contributed by atoms with van der Waals surface area (Å²) in [6.07, 6.45) is 0. The van der Waals surface area contributed by atoms with Crippen LogP contribution in [0.15, 0.2) is 0 Å². The van der Waals surface area contributed by atoms with Crippen LogP contribution in [0.4, 0.5) is 0 Å². The van der Waals surface area contributed by atoms with Crippen LogP contribution in [0.5, 0.6) is 0 Å². The lowest BCUT2D eigenvalue weighted by Gasteiger charge is -1.82. The second-order valence-electron chi connectivity index (χ2n) is 1.22. The summed E-state index contributed by atoms with van der Waals surface area (Å²) in [6, 6.07) is 0.889. The van der Waals surface area contributed by atoms with E-state index in [1.807, 2.05) is 6.92 Å². The largest absolute Gasteiger partial charge is 1.00 e. The first kappa shape index (κ1) is 5.18. The minimum Gasteiger partial charge on any atom is -0.302 e. The van der Waals surface area contributed by atoms with Crippen molar-refractivity contribution in [1.29, 1.82) is 0 Å². The van der Waals surface area contributed by atoms with Crippen molar-refractivity contribution in [2.75, 3.05) is 0 Å². The number of rotatable bonds is 1. The van der Waals surface area contributed by atoms with Crippen molar-refractivity contribution in [3.63, 3.8) is 0 Å². The van der Waals surface area contributed by atoms with Gasteiger partial charge < -0.3 is 4.80 Å². The summed E-state index contributed by atoms with van der Waals surface area (Å²) in [4.78, 5) is 10.0. The summed E-state index contributed by atoms with van der Waals surface area (Å²) in [7, 11) is -1.40. The zero-order chi connectivity index (χ0) is 4.28. The van der Waals surface area contributed by atoms with Gasteiger partial charge in [0.25, 0.3) is 0 Å². The Morgan fingerprint density at radius 1 is 2.00 bits per heavy atom. The molecule has 0 N–H and O–H groups in total. The van der Waals surface area contributed by atoms with E-state index in [4.69, 9.17) is 0 Å². The van der Waals surface area contributed by atoms with Crippen molar-refractivity contribution < 1.29 is 6.22 Å². The number of hydrogen-bond donors (Lipinski definition) is 0. The standard InChI is InChI=1S/C3H9OSi/c1-3-5(2)4/h5H,3H2,1-2H3/p+1. The average molecular weight is 90.2 g/mol. The molecule has 0 spiro atoms. The van der Waals surface area contributed by atoms with E-state index in [1.54, 1.807) is 6.55 Å². The van der Waals surface area contributed by atoms with E-state index >= 15 is 0 Å². The minimum atomic E-state index is -1.40. The molecule has 1 nitrogen and oxygen atoms in total. The van der Waals surface area contributed by atoms with E-state index < -0.39 is 9.04 Å². The van der Waals surface area contributed by atoms with Crippen LogP contribution in [-0.4, -0.2) is 9.04 Å². The highest BCUT2D eigenvalue weighted by Crippen LogP contribution is 1.80. The Balaban J connectivity index is 0. The van der Waals surface area contributed by atoms with Crippen molar-refractivity contribution in [3.05, 3.63) is 0 Å². The van der Waals surface area contributed by atoms with Gasteiger partial charge in [-0.05, 0) is 12.6 Å². The molecular formula is C3H10OSi+. The first-order valence-corrected chi connectivity index (χ1v) is 4.37. The van der Waals surface area contributed by atoms with Crippen LogP contribution in [0.2, 0.25) is 12.6 Å². The molecule has 0 bridgehead atoms. The lowest BCUT2D eigenvalue weighted by atomic mass is 11.0. The summed E-state index contributed by atoms with van der Waals surface area (Å²) in [5.41, 5.74) is 0. The molecule has 31 valence electrons. The number of hydrogen-bond acceptors (Lipinski definition) is 0. The van der Waals surface area contributed by atoms with Crippen LogP contribution >= 0.6 is 0 Å². The molecule has 2 heteroatoms. The molecule has 0 aliphatic carbocycles. The van der Waals surface area contributed by atoms with Crippen LogP contribution < -0.4 is 0 Å². The maximum absolute atomic E-state index is 10.0. The van der Waals surface area contributed by atoms with E-state index in [-0.39, 0.29) is 1.43 Å². The lowest BCUT2D eigenvalue weighted by Crippen LogP contribution is -1.97. The maximum atomic E-state index is 10.0. The minimum absolute atomic E-state index is 0. The summed E-state index contributed by atoms with van der Waals surface area (Å²) >= 11 is 0. The van der Waals surface area contributed by atoms with Gasteiger partial charge in [0.2, 0.25) is 9.04 Å². The van der Waals surface area contributed by atoms with Crippen LogP contribution in [0.25, 0.3) is 0 Å². The zero-order valence-electron chi connectivity index (χ0n) is 4.69. The first-order valence-electron chi connectivity index (χ1n) is 1.93. The predicted molar refractivity (Wildman–Crippen MR) is 25.3 cm³/mol. The van der Waals surface area contributed by atoms with Gasteiger partial charge in [0, 0.05) is 0 Å². The van der Waals surface area contributed by atoms with E-state index in [0.29, 0.717) is 0 Å². The summed E-state index contributed by atoms with van der Waals surface area (Å²) in [6.45, 7) is 3.75. The fraction of sp³-hybridized carbons (Fsp3) is 1.00. The summed E-state index contributed by atoms with van der Waals surface area (Å²) in [5, 5.41) is 0. The van der Waals surface area contributed by atoms with Gasteiger partial charge in [-0.15, -0.1) is 0 Å². The van der Waals surface area contributed by atoms with Crippen molar-refractivity contribution in [1.82, 2.24) is 0 Å². The third-order valence-corrected chi connectivity index (χ3v) is 1.72. The molecule has 0 aromatic heterocycles. The van der Waals surface area contributed by atoms with Gasteiger partial charge in [0.15, 0.2) is 0 Å². The van der Waals surface area contributed by atoms with Gasteiger partial charge in [0.1, 0.15) is 0 Å². The van der Waals surface area contributed by atoms with Gasteiger partial charge in [-0.25, -0.2) is 0 Å². The van der Waals surface area contributed by atoms with E-state index in [0.717, 1.165) is 6.04 Å². The maximum Gasteiger partial charge on any atom is 1.00 e. The molecule has 0 amide bonds. The quantitative estimate of drug-likeness (QED) is 0.426. The molecule has 0 heterocycles. The molecule has 0 saturated carbocycles. The highest BCUT2D eigenvalue weighted by Gasteiger charge is 1.90. The first-order chi connectivity index (χ1) is 2.27. The topological polar surface area (TPSA) is 19.9 Å². The van der Waals surface area contributed by atoms with E-state index in [9.17, 15) is 4.80 Å². The summed E-state index contributed by atoms with van der Waals surface area (Å²) in [5.74, 6) is 0. The highest BCUT2D eigenvalue weighted by molar-refractivity contribution is 6.47.